The van der Waals surface area contributed by atoms with Crippen molar-refractivity contribution in [2.45, 2.75) is 43.4 Å². The van der Waals surface area contributed by atoms with Crippen molar-refractivity contribution < 1.29 is 9.59 Å². The highest BCUT2D eigenvalue weighted by Crippen LogP contribution is 2.71. The maximum absolute atomic E-state index is 13.3. The van der Waals surface area contributed by atoms with Crippen molar-refractivity contribution >= 4 is 38.5 Å². The van der Waals surface area contributed by atoms with Gasteiger partial charge in [-0.1, -0.05) is 65.9 Å². The Kier molecular flexibility index (Phi) is 5.05. The van der Waals surface area contributed by atoms with Crippen LogP contribution in [0, 0.1) is 17.3 Å². The summed E-state index contributed by atoms with van der Waals surface area (Å²) in [6.07, 6.45) is 5.20. The SMILES string of the molecule is NC(=O)C12CC3CC(C1)CC(c1ccccc1)(C3)C2c1ccc2nc(NC(=O)c3ccccc3)sc2c1. The number of carbonyl (C=O) groups excluding carboxylic acids is 2. The maximum Gasteiger partial charge on any atom is 0.257 e. The van der Waals surface area contributed by atoms with Gasteiger partial charge >= 0.3 is 0 Å². The molecule has 4 aliphatic rings. The minimum Gasteiger partial charge on any atom is -0.369 e. The average molecular weight is 508 g/mol. The molecule has 1 aromatic heterocycles. The Bertz CT molecular complexity index is 1500. The number of benzene rings is 3. The van der Waals surface area contributed by atoms with Crippen LogP contribution < -0.4 is 11.1 Å². The lowest BCUT2D eigenvalue weighted by Gasteiger charge is -2.66. The molecule has 1 heterocycles. The average Bonchev–Trinajstić information content (AvgIpc) is 3.30. The van der Waals surface area contributed by atoms with Gasteiger partial charge in [-0.25, -0.2) is 4.98 Å². The molecule has 3 N–H and O–H groups in total. The van der Waals surface area contributed by atoms with Crippen LogP contribution in [0.3, 0.4) is 0 Å². The van der Waals surface area contributed by atoms with Crippen LogP contribution >= 0.6 is 11.3 Å². The van der Waals surface area contributed by atoms with Gasteiger partial charge in [0.05, 0.1) is 15.6 Å². The molecule has 4 bridgehead atoms. The van der Waals surface area contributed by atoms with Crippen molar-refractivity contribution in [3.63, 3.8) is 0 Å². The maximum atomic E-state index is 13.3. The van der Waals surface area contributed by atoms with Gasteiger partial charge in [-0.15, -0.1) is 0 Å². The van der Waals surface area contributed by atoms with E-state index in [1.54, 1.807) is 12.1 Å². The van der Waals surface area contributed by atoms with Gasteiger partial charge in [-0.2, -0.15) is 0 Å². The van der Waals surface area contributed by atoms with E-state index in [0.717, 1.165) is 35.9 Å². The number of rotatable bonds is 5. The normalized spacial score (nSPS) is 29.9. The smallest absolute Gasteiger partial charge is 0.257 e. The van der Waals surface area contributed by atoms with Crippen LogP contribution in [0.25, 0.3) is 10.2 Å². The minimum absolute atomic E-state index is 0.0292. The molecule has 0 radical (unpaired) electrons. The van der Waals surface area contributed by atoms with Crippen LogP contribution in [0.5, 0.6) is 0 Å². The van der Waals surface area contributed by atoms with Gasteiger partial charge < -0.3 is 5.73 Å². The molecule has 186 valence electrons. The Hall–Kier alpha value is -3.51. The van der Waals surface area contributed by atoms with Crippen LogP contribution in [-0.2, 0) is 10.2 Å². The molecule has 4 aliphatic carbocycles. The summed E-state index contributed by atoms with van der Waals surface area (Å²) >= 11 is 1.48. The van der Waals surface area contributed by atoms with Crippen molar-refractivity contribution in [3.8, 4) is 0 Å². The lowest BCUT2D eigenvalue weighted by Crippen LogP contribution is -2.63. The van der Waals surface area contributed by atoms with Crippen LogP contribution in [0.2, 0.25) is 0 Å². The zero-order valence-electron chi connectivity index (χ0n) is 20.5. The summed E-state index contributed by atoms with van der Waals surface area (Å²) < 4.78 is 1.01. The number of hydrogen-bond acceptors (Lipinski definition) is 4. The van der Waals surface area contributed by atoms with E-state index < -0.39 is 5.41 Å². The molecule has 4 aromatic rings. The number of nitrogens with one attached hydrogen (secondary N) is 1. The third-order valence-corrected chi connectivity index (χ3v) is 10.2. The molecule has 0 aliphatic heterocycles. The molecule has 3 aromatic carbocycles. The summed E-state index contributed by atoms with van der Waals surface area (Å²) in [5.74, 6) is 0.803. The van der Waals surface area contributed by atoms with Gasteiger partial charge in [0.15, 0.2) is 5.13 Å². The quantitative estimate of drug-likeness (QED) is 0.334. The molecule has 8 rings (SSSR count). The number of thiazole rings is 1. The largest absolute Gasteiger partial charge is 0.369 e. The highest BCUT2D eigenvalue weighted by Gasteiger charge is 2.66. The van der Waals surface area contributed by atoms with Gasteiger partial charge in [-0.3, -0.25) is 14.9 Å². The summed E-state index contributed by atoms with van der Waals surface area (Å²) in [4.78, 5) is 30.7. The van der Waals surface area contributed by atoms with E-state index in [-0.39, 0.29) is 23.1 Å². The predicted octanol–water partition coefficient (Wildman–Crippen LogP) is 6.27. The standard InChI is InChI=1S/C31H29N3O2S/c32-28(36)31-17-19-13-20(18-31)16-30(15-19,23-9-5-2-6-10-23)26(31)22-11-12-24-25(14-22)37-29(33-24)34-27(35)21-7-3-1-4-8-21/h1-12,14,19-20,26H,13,15-18H2,(H2,32,36)(H,33,34,35). The van der Waals surface area contributed by atoms with Crippen molar-refractivity contribution in [2.24, 2.45) is 23.0 Å². The fourth-order valence-electron chi connectivity index (χ4n) is 8.26. The number of fused-ring (bicyclic) bond motifs is 1. The second kappa shape index (κ2) is 8.25. The number of nitrogens with zero attached hydrogens (tertiary/aromatic N) is 1. The highest BCUT2D eigenvalue weighted by atomic mass is 32.1. The highest BCUT2D eigenvalue weighted by molar-refractivity contribution is 7.22. The first-order chi connectivity index (χ1) is 18.0. The molecule has 0 saturated heterocycles. The molecule has 2 amide bonds. The van der Waals surface area contributed by atoms with E-state index in [1.165, 1.54) is 28.9 Å². The topological polar surface area (TPSA) is 85.1 Å². The molecule has 3 atom stereocenters. The van der Waals surface area contributed by atoms with Crippen molar-refractivity contribution in [1.82, 2.24) is 4.98 Å². The first kappa shape index (κ1) is 22.7. The summed E-state index contributed by atoms with van der Waals surface area (Å²) in [6, 6.07) is 26.4. The van der Waals surface area contributed by atoms with Gasteiger partial charge in [0.2, 0.25) is 5.91 Å². The number of hydrogen-bond donors (Lipinski definition) is 2. The summed E-state index contributed by atoms with van der Waals surface area (Å²) in [7, 11) is 0. The second-order valence-electron chi connectivity index (χ2n) is 11.3. The summed E-state index contributed by atoms with van der Waals surface area (Å²) in [6.45, 7) is 0. The fraction of sp³-hybridized carbons (Fsp3) is 0.323. The third-order valence-electron chi connectivity index (χ3n) is 9.23. The number of amides is 2. The zero-order valence-corrected chi connectivity index (χ0v) is 21.3. The summed E-state index contributed by atoms with van der Waals surface area (Å²) in [5, 5.41) is 3.53. The van der Waals surface area contributed by atoms with E-state index >= 15 is 0 Å². The van der Waals surface area contributed by atoms with Crippen LogP contribution in [0.4, 0.5) is 5.13 Å². The van der Waals surface area contributed by atoms with Gasteiger partial charge in [0.1, 0.15) is 0 Å². The first-order valence-electron chi connectivity index (χ1n) is 13.1. The molecule has 0 spiro atoms. The molecule has 3 unspecified atom stereocenters. The number of primary amides is 1. The molecule has 6 heteroatoms. The first-order valence-corrected chi connectivity index (χ1v) is 13.9. The lowest BCUT2D eigenvalue weighted by molar-refractivity contribution is -0.151. The molecule has 5 nitrogen and oxygen atoms in total. The van der Waals surface area contributed by atoms with E-state index in [1.807, 2.05) is 24.3 Å². The van der Waals surface area contributed by atoms with Gasteiger partial charge in [0.25, 0.3) is 5.91 Å². The number of carbonyl (C=O) groups is 2. The van der Waals surface area contributed by atoms with Crippen molar-refractivity contribution in [3.05, 3.63) is 95.6 Å². The number of nitrogens with two attached hydrogens (primary N) is 1. The summed E-state index contributed by atoms with van der Waals surface area (Å²) in [5.41, 5.74) is 9.62. The predicted molar refractivity (Wildman–Crippen MR) is 147 cm³/mol. The molecule has 4 saturated carbocycles. The van der Waals surface area contributed by atoms with Crippen molar-refractivity contribution in [1.29, 1.82) is 0 Å². The van der Waals surface area contributed by atoms with E-state index in [0.29, 0.717) is 22.5 Å². The number of aromatic nitrogens is 1. The zero-order chi connectivity index (χ0) is 25.2. The molecular formula is C31H29N3O2S. The molecular weight excluding hydrogens is 478 g/mol. The molecule has 37 heavy (non-hydrogen) atoms. The Morgan fingerprint density at radius 1 is 0.892 bits per heavy atom. The minimum atomic E-state index is -0.525. The van der Waals surface area contributed by atoms with Crippen LogP contribution in [0.1, 0.15) is 59.5 Å². The van der Waals surface area contributed by atoms with Gasteiger partial charge in [-0.05, 0) is 79.3 Å². The van der Waals surface area contributed by atoms with E-state index in [4.69, 9.17) is 5.73 Å². The lowest BCUT2D eigenvalue weighted by atomic mass is 9.37. The number of anilines is 1. The van der Waals surface area contributed by atoms with Crippen molar-refractivity contribution in [2.75, 3.05) is 5.32 Å². The Labute approximate surface area is 220 Å². The van der Waals surface area contributed by atoms with Gasteiger partial charge in [0, 0.05) is 16.9 Å². The third kappa shape index (κ3) is 3.46. The second-order valence-corrected chi connectivity index (χ2v) is 12.4. The molecule has 4 fully saturated rings. The van der Waals surface area contributed by atoms with Crippen LogP contribution in [0.15, 0.2) is 78.9 Å². The Balaban J connectivity index is 1.32. The monoisotopic (exact) mass is 507 g/mol. The Morgan fingerprint density at radius 2 is 1.57 bits per heavy atom. The fourth-order valence-corrected chi connectivity index (χ4v) is 9.17. The van der Waals surface area contributed by atoms with Crippen LogP contribution in [-0.4, -0.2) is 16.8 Å². The van der Waals surface area contributed by atoms with E-state index in [2.05, 4.69) is 52.8 Å². The van der Waals surface area contributed by atoms with E-state index in [9.17, 15) is 9.59 Å². The Morgan fingerprint density at radius 3 is 2.24 bits per heavy atom.